The number of para-hydroxylation sites is 2. The molecule has 7 nitrogen and oxygen atoms in total. The Morgan fingerprint density at radius 2 is 1.78 bits per heavy atom. The van der Waals surface area contributed by atoms with E-state index in [-0.39, 0.29) is 34.8 Å². The topological polar surface area (TPSA) is 92.7 Å². The number of carbonyl (C=O) groups is 1. The molecule has 8 heteroatoms. The lowest BCUT2D eigenvalue weighted by Crippen LogP contribution is -2.54. The van der Waals surface area contributed by atoms with Gasteiger partial charge in [0.1, 0.15) is 5.69 Å². The molecule has 0 radical (unpaired) electrons. The van der Waals surface area contributed by atoms with Crippen LogP contribution in [0.1, 0.15) is 13.8 Å². The second-order valence-electron chi connectivity index (χ2n) is 5.83. The van der Waals surface area contributed by atoms with E-state index in [1.807, 2.05) is 18.7 Å². The molecule has 1 fully saturated rings. The summed E-state index contributed by atoms with van der Waals surface area (Å²) in [4.78, 5) is 26.7. The summed E-state index contributed by atoms with van der Waals surface area (Å²) in [6.07, 6.45) is 0. The van der Waals surface area contributed by atoms with Gasteiger partial charge in [-0.3, -0.25) is 14.9 Å². The van der Waals surface area contributed by atoms with Gasteiger partial charge in [-0.15, -0.1) is 12.4 Å². The van der Waals surface area contributed by atoms with Crippen molar-refractivity contribution in [3.63, 3.8) is 0 Å². The molecule has 1 amide bonds. The highest BCUT2D eigenvalue weighted by Crippen LogP contribution is 2.28. The summed E-state index contributed by atoms with van der Waals surface area (Å²) >= 11 is 0. The maximum atomic E-state index is 12.2. The van der Waals surface area contributed by atoms with Crippen LogP contribution in [0, 0.1) is 16.0 Å². The zero-order chi connectivity index (χ0) is 16.3. The van der Waals surface area contributed by atoms with Crippen LogP contribution in [0.4, 0.5) is 11.4 Å². The van der Waals surface area contributed by atoms with E-state index < -0.39 is 6.04 Å². The standard InChI is InChI=1S/C15H22N4O3.ClH/c1-11(2)14(16)15(20)18-9-7-17(8-10-18)12-5-3-4-6-13(12)19(21)22;/h3-6,11,14H,7-10,16H2,1-2H3;1H. The van der Waals surface area contributed by atoms with Crippen molar-refractivity contribution in [2.75, 3.05) is 31.1 Å². The van der Waals surface area contributed by atoms with E-state index >= 15 is 0 Å². The molecule has 0 bridgehead atoms. The molecule has 1 aliphatic heterocycles. The summed E-state index contributed by atoms with van der Waals surface area (Å²) in [5, 5.41) is 11.1. The van der Waals surface area contributed by atoms with E-state index in [0.29, 0.717) is 31.9 Å². The number of halogens is 1. The Kier molecular flexibility index (Phi) is 6.78. The molecular weight excluding hydrogens is 320 g/mol. The van der Waals surface area contributed by atoms with Crippen molar-refractivity contribution in [1.29, 1.82) is 0 Å². The number of rotatable bonds is 4. The SMILES string of the molecule is CC(C)C(N)C(=O)N1CCN(c2ccccc2[N+](=O)[O-])CC1.Cl. The van der Waals surface area contributed by atoms with E-state index in [0.717, 1.165) is 0 Å². The first-order valence-electron chi connectivity index (χ1n) is 7.44. The quantitative estimate of drug-likeness (QED) is 0.663. The van der Waals surface area contributed by atoms with Gasteiger partial charge in [0.05, 0.1) is 11.0 Å². The zero-order valence-electron chi connectivity index (χ0n) is 13.3. The third-order valence-corrected chi connectivity index (χ3v) is 4.01. The normalized spacial score (nSPS) is 16.0. The molecule has 1 atom stereocenters. The number of nitro benzene ring substituents is 1. The Bertz CT molecular complexity index is 559. The molecule has 0 spiro atoms. The van der Waals surface area contributed by atoms with Crippen LogP contribution in [0.2, 0.25) is 0 Å². The van der Waals surface area contributed by atoms with Crippen LogP contribution in [-0.4, -0.2) is 48.0 Å². The Morgan fingerprint density at radius 1 is 1.22 bits per heavy atom. The second kappa shape index (κ2) is 8.12. The number of anilines is 1. The molecule has 1 unspecified atom stereocenters. The summed E-state index contributed by atoms with van der Waals surface area (Å²) in [6.45, 7) is 6.05. The van der Waals surface area contributed by atoms with Crippen molar-refractivity contribution in [1.82, 2.24) is 4.90 Å². The Labute approximate surface area is 142 Å². The fourth-order valence-electron chi connectivity index (χ4n) is 2.55. The van der Waals surface area contributed by atoms with Crippen molar-refractivity contribution >= 4 is 29.7 Å². The summed E-state index contributed by atoms with van der Waals surface area (Å²) in [6, 6.07) is 6.20. The zero-order valence-corrected chi connectivity index (χ0v) is 14.2. The third-order valence-electron chi connectivity index (χ3n) is 4.01. The largest absolute Gasteiger partial charge is 0.362 e. The van der Waals surface area contributed by atoms with Gasteiger partial charge in [0, 0.05) is 32.2 Å². The van der Waals surface area contributed by atoms with Gasteiger partial charge in [0.25, 0.3) is 5.69 Å². The maximum Gasteiger partial charge on any atom is 0.292 e. The van der Waals surface area contributed by atoms with Crippen LogP contribution in [0.15, 0.2) is 24.3 Å². The average Bonchev–Trinajstić information content (AvgIpc) is 2.53. The lowest BCUT2D eigenvalue weighted by molar-refractivity contribution is -0.384. The number of piperazine rings is 1. The third kappa shape index (κ3) is 4.33. The van der Waals surface area contributed by atoms with Gasteiger partial charge >= 0.3 is 0 Å². The first kappa shape index (κ1) is 19.2. The van der Waals surface area contributed by atoms with E-state index in [2.05, 4.69) is 0 Å². The minimum atomic E-state index is -0.488. The fourth-order valence-corrected chi connectivity index (χ4v) is 2.55. The molecule has 1 aromatic carbocycles. The minimum Gasteiger partial charge on any atom is -0.362 e. The number of carbonyl (C=O) groups excluding carboxylic acids is 1. The fraction of sp³-hybridized carbons (Fsp3) is 0.533. The monoisotopic (exact) mass is 342 g/mol. The van der Waals surface area contributed by atoms with Crippen LogP contribution < -0.4 is 10.6 Å². The predicted octanol–water partition coefficient (Wildman–Crippen LogP) is 1.65. The Morgan fingerprint density at radius 3 is 2.30 bits per heavy atom. The van der Waals surface area contributed by atoms with E-state index in [1.54, 1.807) is 23.1 Å². The summed E-state index contributed by atoms with van der Waals surface area (Å²) < 4.78 is 0. The van der Waals surface area contributed by atoms with Crippen LogP contribution in [0.25, 0.3) is 0 Å². The molecule has 2 N–H and O–H groups in total. The van der Waals surface area contributed by atoms with Gasteiger partial charge < -0.3 is 15.5 Å². The molecule has 0 aromatic heterocycles. The number of nitro groups is 1. The number of hydrogen-bond donors (Lipinski definition) is 1. The molecule has 1 saturated heterocycles. The average molecular weight is 343 g/mol. The minimum absolute atomic E-state index is 0. The number of amides is 1. The smallest absolute Gasteiger partial charge is 0.292 e. The molecule has 128 valence electrons. The lowest BCUT2D eigenvalue weighted by atomic mass is 10.0. The van der Waals surface area contributed by atoms with Gasteiger partial charge in [-0.1, -0.05) is 26.0 Å². The molecule has 23 heavy (non-hydrogen) atoms. The molecule has 0 saturated carbocycles. The van der Waals surface area contributed by atoms with E-state index in [9.17, 15) is 14.9 Å². The molecule has 0 aliphatic carbocycles. The number of benzene rings is 1. The summed E-state index contributed by atoms with van der Waals surface area (Å²) in [5.74, 6) is 0.0537. The van der Waals surface area contributed by atoms with Gasteiger partial charge in [0.15, 0.2) is 0 Å². The van der Waals surface area contributed by atoms with Crippen molar-refractivity contribution in [2.24, 2.45) is 11.7 Å². The lowest BCUT2D eigenvalue weighted by Gasteiger charge is -2.37. The molecule has 2 rings (SSSR count). The number of nitrogens with zero attached hydrogens (tertiary/aromatic N) is 3. The van der Waals surface area contributed by atoms with Gasteiger partial charge in [-0.2, -0.15) is 0 Å². The Balaban J connectivity index is 0.00000264. The van der Waals surface area contributed by atoms with E-state index in [1.165, 1.54) is 6.07 Å². The van der Waals surface area contributed by atoms with Gasteiger partial charge in [-0.25, -0.2) is 0 Å². The summed E-state index contributed by atoms with van der Waals surface area (Å²) in [7, 11) is 0. The Hall–Kier alpha value is -1.86. The highest BCUT2D eigenvalue weighted by atomic mass is 35.5. The summed E-state index contributed by atoms with van der Waals surface area (Å²) in [5.41, 5.74) is 6.61. The van der Waals surface area contributed by atoms with Gasteiger partial charge in [-0.05, 0) is 12.0 Å². The highest BCUT2D eigenvalue weighted by Gasteiger charge is 2.28. The first-order valence-corrected chi connectivity index (χ1v) is 7.44. The molecule has 1 aliphatic rings. The number of nitrogens with two attached hydrogens (primary N) is 1. The maximum absolute atomic E-state index is 12.2. The first-order chi connectivity index (χ1) is 10.4. The van der Waals surface area contributed by atoms with Crippen LogP contribution >= 0.6 is 12.4 Å². The predicted molar refractivity (Wildman–Crippen MR) is 92.0 cm³/mol. The van der Waals surface area contributed by atoms with Crippen LogP contribution in [0.3, 0.4) is 0 Å². The molecular formula is C15H23ClN4O3. The molecule has 1 heterocycles. The van der Waals surface area contributed by atoms with Gasteiger partial charge in [0.2, 0.25) is 5.91 Å². The van der Waals surface area contributed by atoms with Crippen molar-refractivity contribution in [3.8, 4) is 0 Å². The van der Waals surface area contributed by atoms with Crippen molar-refractivity contribution in [2.45, 2.75) is 19.9 Å². The van der Waals surface area contributed by atoms with Crippen LogP contribution in [0.5, 0.6) is 0 Å². The van der Waals surface area contributed by atoms with Crippen LogP contribution in [-0.2, 0) is 4.79 Å². The highest BCUT2D eigenvalue weighted by molar-refractivity contribution is 5.85. The van der Waals surface area contributed by atoms with Crippen molar-refractivity contribution in [3.05, 3.63) is 34.4 Å². The number of hydrogen-bond acceptors (Lipinski definition) is 5. The molecule has 1 aromatic rings. The second-order valence-corrected chi connectivity index (χ2v) is 5.83. The van der Waals surface area contributed by atoms with E-state index in [4.69, 9.17) is 5.73 Å². The van der Waals surface area contributed by atoms with Crippen molar-refractivity contribution < 1.29 is 9.72 Å².